The summed E-state index contributed by atoms with van der Waals surface area (Å²) in [5.41, 5.74) is 0. The number of methoxy groups -OCH3 is 2. The summed E-state index contributed by atoms with van der Waals surface area (Å²) in [5.74, 6) is 0. The Kier molecular flexibility index (Phi) is 13.7. The fourth-order valence-electron chi connectivity index (χ4n) is 1.23. The van der Waals surface area contributed by atoms with Crippen molar-refractivity contribution in [3.8, 4) is 0 Å². The van der Waals surface area contributed by atoms with Crippen LogP contribution in [0, 0.1) is 0 Å². The average Bonchev–Trinajstić information content (AvgIpc) is 2.33. The summed E-state index contributed by atoms with van der Waals surface area (Å²) in [7, 11) is 3.37. The first kappa shape index (κ1) is 16.8. The number of nitrogens with one attached hydrogen (secondary N) is 1. The molecular formula is C12H27NO4. The lowest BCUT2D eigenvalue weighted by Crippen LogP contribution is -2.29. The molecule has 0 aromatic heterocycles. The molecule has 0 fully saturated rings. The highest BCUT2D eigenvalue weighted by Gasteiger charge is 2.00. The van der Waals surface area contributed by atoms with E-state index in [2.05, 4.69) is 12.2 Å². The third-order valence-electron chi connectivity index (χ3n) is 2.18. The molecule has 0 aliphatic rings. The lowest BCUT2D eigenvalue weighted by Gasteiger charge is -2.13. The molecule has 0 spiro atoms. The van der Waals surface area contributed by atoms with Gasteiger partial charge in [-0.25, -0.2) is 0 Å². The molecule has 0 amide bonds. The molecule has 104 valence electrons. The van der Waals surface area contributed by atoms with Crippen LogP contribution in [-0.2, 0) is 18.9 Å². The molecule has 0 aromatic rings. The second-order valence-electron chi connectivity index (χ2n) is 3.84. The molecule has 0 saturated heterocycles. The molecule has 0 bridgehead atoms. The Morgan fingerprint density at radius 1 is 0.941 bits per heavy atom. The second-order valence-corrected chi connectivity index (χ2v) is 3.84. The smallest absolute Gasteiger partial charge is 0.0700 e. The van der Waals surface area contributed by atoms with Gasteiger partial charge in [0.05, 0.1) is 25.9 Å². The largest absolute Gasteiger partial charge is 0.383 e. The maximum absolute atomic E-state index is 5.61. The SMILES string of the molecule is COCCNCC(C)OCCCOCCOC. The highest BCUT2D eigenvalue weighted by molar-refractivity contribution is 4.55. The highest BCUT2D eigenvalue weighted by atomic mass is 16.5. The third-order valence-corrected chi connectivity index (χ3v) is 2.18. The Hall–Kier alpha value is -0.200. The second kappa shape index (κ2) is 13.9. The van der Waals surface area contributed by atoms with Gasteiger partial charge in [-0.1, -0.05) is 0 Å². The first-order chi connectivity index (χ1) is 8.31. The van der Waals surface area contributed by atoms with Crippen LogP contribution in [0.5, 0.6) is 0 Å². The van der Waals surface area contributed by atoms with Crippen molar-refractivity contribution in [3.05, 3.63) is 0 Å². The van der Waals surface area contributed by atoms with Crippen molar-refractivity contribution in [1.29, 1.82) is 0 Å². The van der Waals surface area contributed by atoms with Gasteiger partial charge in [0.1, 0.15) is 0 Å². The lowest BCUT2D eigenvalue weighted by molar-refractivity contribution is 0.0300. The Bertz CT molecular complexity index is 146. The first-order valence-corrected chi connectivity index (χ1v) is 6.19. The van der Waals surface area contributed by atoms with Crippen molar-refractivity contribution in [2.75, 3.05) is 60.3 Å². The number of ether oxygens (including phenoxy) is 4. The van der Waals surface area contributed by atoms with Gasteiger partial charge in [-0.05, 0) is 13.3 Å². The summed E-state index contributed by atoms with van der Waals surface area (Å²) in [6.07, 6.45) is 1.15. The van der Waals surface area contributed by atoms with E-state index in [4.69, 9.17) is 18.9 Å². The number of hydrogen-bond donors (Lipinski definition) is 1. The molecular weight excluding hydrogens is 222 g/mol. The molecule has 0 aliphatic heterocycles. The van der Waals surface area contributed by atoms with Crippen LogP contribution in [0.15, 0.2) is 0 Å². The van der Waals surface area contributed by atoms with Crippen LogP contribution >= 0.6 is 0 Å². The summed E-state index contributed by atoms with van der Waals surface area (Å²) in [6.45, 7) is 7.29. The van der Waals surface area contributed by atoms with E-state index < -0.39 is 0 Å². The Morgan fingerprint density at radius 3 is 2.41 bits per heavy atom. The lowest BCUT2D eigenvalue weighted by atomic mass is 10.4. The van der Waals surface area contributed by atoms with Crippen LogP contribution in [0.4, 0.5) is 0 Å². The van der Waals surface area contributed by atoms with Crippen LogP contribution in [0.3, 0.4) is 0 Å². The quantitative estimate of drug-likeness (QED) is 0.486. The summed E-state index contributed by atoms with van der Waals surface area (Å²) in [6, 6.07) is 0. The molecule has 0 rings (SSSR count). The van der Waals surface area contributed by atoms with Crippen molar-refractivity contribution in [1.82, 2.24) is 5.32 Å². The summed E-state index contributed by atoms with van der Waals surface area (Å²) >= 11 is 0. The minimum Gasteiger partial charge on any atom is -0.383 e. The van der Waals surface area contributed by atoms with Crippen LogP contribution in [0.1, 0.15) is 13.3 Å². The summed E-state index contributed by atoms with van der Waals surface area (Å²) < 4.78 is 20.8. The predicted molar refractivity (Wildman–Crippen MR) is 67.5 cm³/mol. The third kappa shape index (κ3) is 13.7. The zero-order chi connectivity index (χ0) is 12.8. The van der Waals surface area contributed by atoms with E-state index >= 15 is 0 Å². The van der Waals surface area contributed by atoms with Crippen molar-refractivity contribution in [2.45, 2.75) is 19.4 Å². The van der Waals surface area contributed by atoms with Crippen LogP contribution in [0.2, 0.25) is 0 Å². The van der Waals surface area contributed by atoms with Gasteiger partial charge in [0.15, 0.2) is 0 Å². The van der Waals surface area contributed by atoms with Crippen LogP contribution in [-0.4, -0.2) is 66.4 Å². The highest BCUT2D eigenvalue weighted by Crippen LogP contribution is 1.92. The fraction of sp³-hybridized carbons (Fsp3) is 1.00. The molecule has 1 atom stereocenters. The Morgan fingerprint density at radius 2 is 1.71 bits per heavy atom. The van der Waals surface area contributed by atoms with E-state index in [-0.39, 0.29) is 6.10 Å². The minimum atomic E-state index is 0.228. The van der Waals surface area contributed by atoms with Gasteiger partial charge in [0, 0.05) is 40.5 Å². The first-order valence-electron chi connectivity index (χ1n) is 6.19. The van der Waals surface area contributed by atoms with Gasteiger partial charge >= 0.3 is 0 Å². The maximum Gasteiger partial charge on any atom is 0.0700 e. The van der Waals surface area contributed by atoms with Crippen LogP contribution < -0.4 is 5.32 Å². The molecule has 5 nitrogen and oxygen atoms in total. The van der Waals surface area contributed by atoms with E-state index in [0.29, 0.717) is 13.2 Å². The van der Waals surface area contributed by atoms with E-state index in [0.717, 1.165) is 39.3 Å². The zero-order valence-corrected chi connectivity index (χ0v) is 11.4. The zero-order valence-electron chi connectivity index (χ0n) is 11.4. The van der Waals surface area contributed by atoms with E-state index in [1.54, 1.807) is 14.2 Å². The summed E-state index contributed by atoms with van der Waals surface area (Å²) in [4.78, 5) is 0. The van der Waals surface area contributed by atoms with E-state index in [9.17, 15) is 0 Å². The van der Waals surface area contributed by atoms with Gasteiger partial charge in [-0.2, -0.15) is 0 Å². The monoisotopic (exact) mass is 249 g/mol. The molecule has 0 heterocycles. The number of hydrogen-bond acceptors (Lipinski definition) is 5. The minimum absolute atomic E-state index is 0.228. The van der Waals surface area contributed by atoms with E-state index in [1.807, 2.05) is 0 Å². The molecule has 0 aliphatic carbocycles. The fourth-order valence-corrected chi connectivity index (χ4v) is 1.23. The molecule has 17 heavy (non-hydrogen) atoms. The normalized spacial score (nSPS) is 12.9. The van der Waals surface area contributed by atoms with Gasteiger partial charge < -0.3 is 24.3 Å². The molecule has 0 radical (unpaired) electrons. The van der Waals surface area contributed by atoms with Crippen molar-refractivity contribution >= 4 is 0 Å². The van der Waals surface area contributed by atoms with Gasteiger partial charge in [-0.15, -0.1) is 0 Å². The Balaban J connectivity index is 3.08. The molecule has 5 heteroatoms. The van der Waals surface area contributed by atoms with Crippen molar-refractivity contribution in [2.24, 2.45) is 0 Å². The molecule has 1 N–H and O–H groups in total. The Labute approximate surface area is 105 Å². The molecule has 1 unspecified atom stereocenters. The van der Waals surface area contributed by atoms with E-state index in [1.165, 1.54) is 0 Å². The van der Waals surface area contributed by atoms with Gasteiger partial charge in [-0.3, -0.25) is 0 Å². The topological polar surface area (TPSA) is 49.0 Å². The van der Waals surface area contributed by atoms with Gasteiger partial charge in [0.2, 0.25) is 0 Å². The number of rotatable bonds is 13. The average molecular weight is 249 g/mol. The molecule has 0 saturated carbocycles. The maximum atomic E-state index is 5.61. The predicted octanol–water partition coefficient (Wildman–Crippen LogP) is 0.681. The molecule has 0 aromatic carbocycles. The van der Waals surface area contributed by atoms with Gasteiger partial charge in [0.25, 0.3) is 0 Å². The van der Waals surface area contributed by atoms with Crippen LogP contribution in [0.25, 0.3) is 0 Å². The van der Waals surface area contributed by atoms with Crippen molar-refractivity contribution in [3.63, 3.8) is 0 Å². The standard InChI is InChI=1S/C12H27NO4/c1-12(11-13-5-8-14-2)17-7-4-6-16-10-9-15-3/h12-13H,4-11H2,1-3H3. The van der Waals surface area contributed by atoms with Crippen molar-refractivity contribution < 1.29 is 18.9 Å². The summed E-state index contributed by atoms with van der Waals surface area (Å²) in [5, 5.41) is 3.26.